The molecule has 4 nitrogen and oxygen atoms in total. The number of aliphatic carboxylic acids is 1. The molecule has 0 aliphatic carbocycles. The van der Waals surface area contributed by atoms with Crippen molar-refractivity contribution in [3.05, 3.63) is 35.4 Å². The minimum Gasteiger partial charge on any atom is -0.481 e. The summed E-state index contributed by atoms with van der Waals surface area (Å²) in [6.07, 6.45) is 2.81. The predicted octanol–water partition coefficient (Wildman–Crippen LogP) is 3.64. The molecule has 1 rings (SSSR count). The van der Waals surface area contributed by atoms with Gasteiger partial charge in [0, 0.05) is 18.0 Å². The third-order valence-electron chi connectivity index (χ3n) is 4.00. The zero-order valence-corrected chi connectivity index (χ0v) is 14.5. The molecule has 23 heavy (non-hydrogen) atoms. The second-order valence-electron chi connectivity index (χ2n) is 6.01. The molecule has 1 aromatic rings. The monoisotopic (exact) mass is 319 g/mol. The first-order chi connectivity index (χ1) is 11.0. The van der Waals surface area contributed by atoms with Crippen molar-refractivity contribution in [3.63, 3.8) is 0 Å². The Labute approximate surface area is 139 Å². The summed E-state index contributed by atoms with van der Waals surface area (Å²) >= 11 is 0. The molecule has 0 saturated carbocycles. The third kappa shape index (κ3) is 6.53. The summed E-state index contributed by atoms with van der Waals surface area (Å²) in [6.45, 7) is 8.57. The highest BCUT2D eigenvalue weighted by atomic mass is 16.4. The normalized spacial score (nSPS) is 12.3. The Morgan fingerprint density at radius 1 is 1.04 bits per heavy atom. The van der Waals surface area contributed by atoms with Crippen LogP contribution in [0.15, 0.2) is 24.3 Å². The van der Waals surface area contributed by atoms with Crippen LogP contribution in [0.4, 0.5) is 0 Å². The van der Waals surface area contributed by atoms with Crippen LogP contribution in [-0.2, 0) is 11.2 Å². The molecule has 0 aliphatic heterocycles. The number of hydrogen-bond acceptors (Lipinski definition) is 3. The number of ketones is 1. The molecule has 1 N–H and O–H groups in total. The Hall–Kier alpha value is -1.68. The molecule has 0 heterocycles. The molecule has 1 unspecified atom stereocenters. The highest BCUT2D eigenvalue weighted by molar-refractivity contribution is 5.99. The van der Waals surface area contributed by atoms with E-state index < -0.39 is 11.9 Å². The molecule has 0 fully saturated rings. The zero-order valence-electron chi connectivity index (χ0n) is 14.5. The molecule has 4 heteroatoms. The van der Waals surface area contributed by atoms with Crippen LogP contribution in [0.2, 0.25) is 0 Å². The number of aryl methyl sites for hydroxylation is 1. The summed E-state index contributed by atoms with van der Waals surface area (Å²) in [6, 6.07) is 7.53. The number of carboxylic acid groups (broad SMARTS) is 1. The van der Waals surface area contributed by atoms with Crippen LogP contribution in [0, 0.1) is 5.92 Å². The first-order valence-corrected chi connectivity index (χ1v) is 8.59. The minimum atomic E-state index is -0.915. The summed E-state index contributed by atoms with van der Waals surface area (Å²) in [4.78, 5) is 26.1. The maximum absolute atomic E-state index is 12.7. The van der Waals surface area contributed by atoms with Gasteiger partial charge in [-0.15, -0.1) is 0 Å². The molecule has 0 aromatic heterocycles. The number of Topliss-reactive ketones (excluding diaryl/α,β-unsaturated/α-hetero) is 1. The largest absolute Gasteiger partial charge is 0.481 e. The van der Waals surface area contributed by atoms with Crippen molar-refractivity contribution in [1.82, 2.24) is 4.90 Å². The van der Waals surface area contributed by atoms with Crippen molar-refractivity contribution in [1.29, 1.82) is 0 Å². The van der Waals surface area contributed by atoms with E-state index in [-0.39, 0.29) is 12.2 Å². The van der Waals surface area contributed by atoms with Gasteiger partial charge in [0.25, 0.3) is 0 Å². The maximum atomic E-state index is 12.7. The van der Waals surface area contributed by atoms with Crippen LogP contribution in [0.25, 0.3) is 0 Å². The average Bonchev–Trinajstić information content (AvgIpc) is 2.53. The molecule has 1 aromatic carbocycles. The van der Waals surface area contributed by atoms with Crippen LogP contribution in [0.3, 0.4) is 0 Å². The molecule has 0 saturated heterocycles. The number of nitrogens with zero attached hydrogens (tertiary/aromatic N) is 1. The van der Waals surface area contributed by atoms with Crippen molar-refractivity contribution in [2.45, 2.75) is 46.5 Å². The predicted molar refractivity (Wildman–Crippen MR) is 92.9 cm³/mol. The summed E-state index contributed by atoms with van der Waals surface area (Å²) in [5, 5.41) is 9.16. The van der Waals surface area contributed by atoms with Gasteiger partial charge in [-0.3, -0.25) is 9.59 Å². The van der Waals surface area contributed by atoms with E-state index in [1.54, 1.807) is 0 Å². The van der Waals surface area contributed by atoms with Crippen molar-refractivity contribution in [2.24, 2.45) is 5.92 Å². The Balaban J connectivity index is 2.89. The van der Waals surface area contributed by atoms with E-state index in [2.05, 4.69) is 25.7 Å². The lowest BCUT2D eigenvalue weighted by atomic mass is 9.93. The summed E-state index contributed by atoms with van der Waals surface area (Å²) < 4.78 is 0. The fourth-order valence-corrected chi connectivity index (χ4v) is 2.83. The zero-order chi connectivity index (χ0) is 17.2. The van der Waals surface area contributed by atoms with E-state index in [0.29, 0.717) is 12.1 Å². The van der Waals surface area contributed by atoms with Gasteiger partial charge in [0.1, 0.15) is 0 Å². The molecule has 0 radical (unpaired) electrons. The van der Waals surface area contributed by atoms with E-state index in [1.807, 2.05) is 24.3 Å². The Morgan fingerprint density at radius 2 is 1.61 bits per heavy atom. The van der Waals surface area contributed by atoms with Crippen LogP contribution in [-0.4, -0.2) is 41.4 Å². The summed E-state index contributed by atoms with van der Waals surface area (Å²) in [5.41, 5.74) is 1.79. The van der Waals surface area contributed by atoms with Gasteiger partial charge in [0.2, 0.25) is 0 Å². The molecular weight excluding hydrogens is 290 g/mol. The minimum absolute atomic E-state index is 0.0627. The number of carbonyl (C=O) groups excluding carboxylic acids is 1. The highest BCUT2D eigenvalue weighted by Gasteiger charge is 2.25. The van der Waals surface area contributed by atoms with Crippen molar-refractivity contribution >= 4 is 11.8 Å². The Morgan fingerprint density at radius 3 is 2.04 bits per heavy atom. The van der Waals surface area contributed by atoms with E-state index in [4.69, 9.17) is 5.11 Å². The number of carboxylic acids is 1. The Bertz CT molecular complexity index is 490. The fourth-order valence-electron chi connectivity index (χ4n) is 2.83. The van der Waals surface area contributed by atoms with E-state index in [9.17, 15) is 9.59 Å². The molecule has 0 spiro atoms. The smallest absolute Gasteiger partial charge is 0.304 e. The van der Waals surface area contributed by atoms with Gasteiger partial charge < -0.3 is 10.0 Å². The van der Waals surface area contributed by atoms with Crippen molar-refractivity contribution < 1.29 is 14.7 Å². The van der Waals surface area contributed by atoms with Gasteiger partial charge in [0.05, 0.1) is 6.42 Å². The van der Waals surface area contributed by atoms with Crippen molar-refractivity contribution in [2.75, 3.05) is 19.6 Å². The first kappa shape index (κ1) is 19.4. The van der Waals surface area contributed by atoms with E-state index >= 15 is 0 Å². The SMILES string of the molecule is CCCN(CCC)CC(CC(=O)O)C(=O)c1ccc(CC)cc1. The van der Waals surface area contributed by atoms with Crippen LogP contribution in [0.1, 0.15) is 56.0 Å². The van der Waals surface area contributed by atoms with Crippen LogP contribution >= 0.6 is 0 Å². The lowest BCUT2D eigenvalue weighted by Gasteiger charge is -2.25. The molecule has 0 amide bonds. The van der Waals surface area contributed by atoms with Crippen molar-refractivity contribution in [3.8, 4) is 0 Å². The average molecular weight is 319 g/mol. The van der Waals surface area contributed by atoms with Gasteiger partial charge in [-0.2, -0.15) is 0 Å². The standard InChI is InChI=1S/C19H29NO3/c1-4-11-20(12-5-2)14-17(13-18(21)22)19(23)16-9-7-15(6-3)8-10-16/h7-10,17H,4-6,11-14H2,1-3H3,(H,21,22). The quantitative estimate of drug-likeness (QED) is 0.633. The molecule has 1 atom stereocenters. The number of benzene rings is 1. The number of hydrogen-bond donors (Lipinski definition) is 1. The first-order valence-electron chi connectivity index (χ1n) is 8.59. The molecular formula is C19H29NO3. The van der Waals surface area contributed by atoms with Gasteiger partial charge in [-0.25, -0.2) is 0 Å². The third-order valence-corrected chi connectivity index (χ3v) is 4.00. The topological polar surface area (TPSA) is 57.6 Å². The van der Waals surface area contributed by atoms with Crippen LogP contribution in [0.5, 0.6) is 0 Å². The fraction of sp³-hybridized carbons (Fsp3) is 0.579. The maximum Gasteiger partial charge on any atom is 0.304 e. The number of rotatable bonds is 11. The molecule has 0 aliphatic rings. The van der Waals surface area contributed by atoms with E-state index in [1.165, 1.54) is 5.56 Å². The second kappa shape index (κ2) is 10.2. The Kier molecular flexibility index (Phi) is 8.56. The lowest BCUT2D eigenvalue weighted by molar-refractivity contribution is -0.137. The van der Waals surface area contributed by atoms with E-state index in [0.717, 1.165) is 32.4 Å². The van der Waals surface area contributed by atoms with Gasteiger partial charge in [-0.05, 0) is 37.9 Å². The van der Waals surface area contributed by atoms with Crippen LogP contribution < -0.4 is 0 Å². The summed E-state index contributed by atoms with van der Waals surface area (Å²) in [5.74, 6) is -1.47. The highest BCUT2D eigenvalue weighted by Crippen LogP contribution is 2.16. The molecule has 128 valence electrons. The van der Waals surface area contributed by atoms with Gasteiger partial charge in [0.15, 0.2) is 5.78 Å². The van der Waals surface area contributed by atoms with Gasteiger partial charge in [-0.1, -0.05) is 45.0 Å². The number of carbonyl (C=O) groups is 2. The van der Waals surface area contributed by atoms with Gasteiger partial charge >= 0.3 is 5.97 Å². The molecule has 0 bridgehead atoms. The lowest BCUT2D eigenvalue weighted by Crippen LogP contribution is -2.35. The second-order valence-corrected chi connectivity index (χ2v) is 6.01. The summed E-state index contributed by atoms with van der Waals surface area (Å²) in [7, 11) is 0.